The highest BCUT2D eigenvalue weighted by Crippen LogP contribution is 2.07. The molecule has 0 radical (unpaired) electrons. The molecular formula is C11H14ClN3O2. The molecule has 3 amide bonds. The molecule has 0 aliphatic heterocycles. The van der Waals surface area contributed by atoms with E-state index in [9.17, 15) is 9.59 Å². The Kier molecular flexibility index (Phi) is 4.90. The van der Waals surface area contributed by atoms with E-state index in [1.54, 1.807) is 25.3 Å². The molecule has 2 N–H and O–H groups in total. The summed E-state index contributed by atoms with van der Waals surface area (Å²) in [4.78, 5) is 26.7. The normalized spacial score (nSPS) is 13.6. The second-order valence-corrected chi connectivity index (χ2v) is 4.21. The quantitative estimate of drug-likeness (QED) is 0.806. The van der Waals surface area contributed by atoms with Gasteiger partial charge in [0.1, 0.15) is 5.38 Å². The first-order valence-corrected chi connectivity index (χ1v) is 5.60. The van der Waals surface area contributed by atoms with Gasteiger partial charge in [-0.15, -0.1) is 11.6 Å². The van der Waals surface area contributed by atoms with Gasteiger partial charge in [0.15, 0.2) is 0 Å². The number of halogens is 1. The summed E-state index contributed by atoms with van der Waals surface area (Å²) in [6.45, 7) is 3.27. The topological polar surface area (TPSA) is 71.1 Å². The van der Waals surface area contributed by atoms with Gasteiger partial charge in [0.25, 0.3) is 0 Å². The fraction of sp³-hybridized carbons (Fsp3) is 0.364. The second kappa shape index (κ2) is 6.20. The number of rotatable bonds is 3. The molecule has 6 heteroatoms. The summed E-state index contributed by atoms with van der Waals surface area (Å²) in [6, 6.07) is 4.53. The summed E-state index contributed by atoms with van der Waals surface area (Å²) in [7, 11) is 0. The molecule has 0 fully saturated rings. The number of hydrogen-bond donors (Lipinski definition) is 2. The first-order chi connectivity index (χ1) is 8.00. The molecule has 1 aromatic rings. The molecule has 1 heterocycles. The number of carbonyl (C=O) groups excluding carboxylic acids is 2. The number of pyridine rings is 1. The fourth-order valence-electron chi connectivity index (χ4n) is 1.15. The minimum Gasteiger partial charge on any atom is -0.330 e. The smallest absolute Gasteiger partial charge is 0.322 e. The Balaban J connectivity index is 2.50. The van der Waals surface area contributed by atoms with Crippen LogP contribution >= 0.6 is 11.6 Å². The van der Waals surface area contributed by atoms with Crippen LogP contribution in [-0.2, 0) is 4.79 Å². The minimum absolute atomic E-state index is 0.283. The van der Waals surface area contributed by atoms with Crippen LogP contribution in [0.15, 0.2) is 24.4 Å². The van der Waals surface area contributed by atoms with E-state index in [0.717, 1.165) is 0 Å². The van der Waals surface area contributed by atoms with E-state index in [0.29, 0.717) is 5.69 Å². The summed E-state index contributed by atoms with van der Waals surface area (Å²) in [6.07, 6.45) is 1.64. The van der Waals surface area contributed by atoms with Crippen molar-refractivity contribution in [3.8, 4) is 0 Å². The number of urea groups is 1. The average molecular weight is 256 g/mol. The van der Waals surface area contributed by atoms with E-state index >= 15 is 0 Å². The Hall–Kier alpha value is -1.62. The van der Waals surface area contributed by atoms with Crippen molar-refractivity contribution in [3.63, 3.8) is 0 Å². The minimum atomic E-state index is -0.745. The third-order valence-corrected chi connectivity index (χ3v) is 2.28. The molecule has 0 bridgehead atoms. The van der Waals surface area contributed by atoms with Gasteiger partial charge in [0.05, 0.1) is 11.7 Å². The molecule has 17 heavy (non-hydrogen) atoms. The van der Waals surface area contributed by atoms with Crippen molar-refractivity contribution in [2.75, 3.05) is 0 Å². The van der Waals surface area contributed by atoms with E-state index < -0.39 is 17.3 Å². The van der Waals surface area contributed by atoms with E-state index in [1.165, 1.54) is 6.92 Å². The van der Waals surface area contributed by atoms with Crippen LogP contribution in [0.1, 0.15) is 25.6 Å². The Morgan fingerprint density at radius 3 is 2.59 bits per heavy atom. The largest absolute Gasteiger partial charge is 0.330 e. The van der Waals surface area contributed by atoms with Gasteiger partial charge in [-0.2, -0.15) is 0 Å². The van der Waals surface area contributed by atoms with Crippen LogP contribution in [-0.4, -0.2) is 22.3 Å². The zero-order chi connectivity index (χ0) is 12.8. The molecular weight excluding hydrogens is 242 g/mol. The lowest BCUT2D eigenvalue weighted by atomic mass is 10.2. The molecule has 2 atom stereocenters. The monoisotopic (exact) mass is 255 g/mol. The van der Waals surface area contributed by atoms with Gasteiger partial charge in [-0.05, 0) is 26.0 Å². The van der Waals surface area contributed by atoms with Crippen LogP contribution in [0.5, 0.6) is 0 Å². The number of imide groups is 1. The van der Waals surface area contributed by atoms with E-state index in [2.05, 4.69) is 15.6 Å². The molecule has 5 nitrogen and oxygen atoms in total. The van der Waals surface area contributed by atoms with Gasteiger partial charge in [0.2, 0.25) is 5.91 Å². The molecule has 0 aliphatic rings. The number of amides is 3. The van der Waals surface area contributed by atoms with E-state index in [1.807, 2.05) is 6.07 Å². The van der Waals surface area contributed by atoms with Gasteiger partial charge < -0.3 is 5.32 Å². The highest BCUT2D eigenvalue weighted by atomic mass is 35.5. The lowest BCUT2D eigenvalue weighted by molar-refractivity contribution is -0.119. The van der Waals surface area contributed by atoms with Crippen molar-refractivity contribution in [1.82, 2.24) is 15.6 Å². The van der Waals surface area contributed by atoms with Crippen molar-refractivity contribution in [2.45, 2.75) is 25.3 Å². The summed E-state index contributed by atoms with van der Waals surface area (Å²) in [5.74, 6) is -0.530. The molecule has 0 saturated heterocycles. The van der Waals surface area contributed by atoms with Crippen molar-refractivity contribution in [3.05, 3.63) is 30.1 Å². The second-order valence-electron chi connectivity index (χ2n) is 3.56. The van der Waals surface area contributed by atoms with E-state index in [4.69, 9.17) is 11.6 Å². The van der Waals surface area contributed by atoms with Crippen LogP contribution in [0.4, 0.5) is 4.79 Å². The molecule has 0 aromatic carbocycles. The molecule has 0 spiro atoms. The maximum absolute atomic E-state index is 11.4. The number of nitrogens with one attached hydrogen (secondary N) is 2. The Labute approximate surface area is 105 Å². The Morgan fingerprint density at radius 2 is 2.06 bits per heavy atom. The predicted molar refractivity (Wildman–Crippen MR) is 64.6 cm³/mol. The molecule has 1 rings (SSSR count). The average Bonchev–Trinajstić information content (AvgIpc) is 2.29. The molecule has 0 aliphatic carbocycles. The van der Waals surface area contributed by atoms with Crippen LogP contribution in [0.3, 0.4) is 0 Å². The standard InChI is InChI=1S/C11H14ClN3O2/c1-7(12)10(16)15-11(17)14-8(2)9-5-3-4-6-13-9/h3-8H,1-2H3,(H2,14,15,16,17). The third kappa shape index (κ3) is 4.40. The van der Waals surface area contributed by atoms with Gasteiger partial charge >= 0.3 is 6.03 Å². The molecule has 2 unspecified atom stereocenters. The molecule has 1 aromatic heterocycles. The van der Waals surface area contributed by atoms with Gasteiger partial charge in [-0.3, -0.25) is 15.1 Å². The Morgan fingerprint density at radius 1 is 1.35 bits per heavy atom. The number of alkyl halides is 1. The third-order valence-electron chi connectivity index (χ3n) is 2.08. The lowest BCUT2D eigenvalue weighted by Crippen LogP contribution is -2.43. The van der Waals surface area contributed by atoms with Crippen molar-refractivity contribution < 1.29 is 9.59 Å². The summed E-state index contributed by atoms with van der Waals surface area (Å²) >= 11 is 5.52. The number of aromatic nitrogens is 1. The van der Waals surface area contributed by atoms with Crippen molar-refractivity contribution in [2.24, 2.45) is 0 Å². The predicted octanol–water partition coefficient (Wildman–Crippen LogP) is 1.60. The zero-order valence-electron chi connectivity index (χ0n) is 9.61. The fourth-order valence-corrected chi connectivity index (χ4v) is 1.20. The number of hydrogen-bond acceptors (Lipinski definition) is 3. The SMILES string of the molecule is CC(Cl)C(=O)NC(=O)NC(C)c1ccccn1. The van der Waals surface area contributed by atoms with Gasteiger partial charge in [-0.1, -0.05) is 6.07 Å². The van der Waals surface area contributed by atoms with Crippen LogP contribution in [0.25, 0.3) is 0 Å². The Bertz CT molecular complexity index is 395. The molecule has 0 saturated carbocycles. The van der Waals surface area contributed by atoms with Gasteiger partial charge in [-0.25, -0.2) is 4.79 Å². The van der Waals surface area contributed by atoms with Gasteiger partial charge in [0, 0.05) is 6.20 Å². The van der Waals surface area contributed by atoms with Crippen molar-refractivity contribution >= 4 is 23.5 Å². The first kappa shape index (κ1) is 13.4. The van der Waals surface area contributed by atoms with Crippen LogP contribution in [0, 0.1) is 0 Å². The molecule has 92 valence electrons. The summed E-state index contributed by atoms with van der Waals surface area (Å²) in [5, 5.41) is 3.98. The number of carbonyl (C=O) groups is 2. The maximum atomic E-state index is 11.4. The summed E-state index contributed by atoms with van der Waals surface area (Å²) in [5.41, 5.74) is 0.717. The van der Waals surface area contributed by atoms with Crippen LogP contribution in [0.2, 0.25) is 0 Å². The van der Waals surface area contributed by atoms with Crippen molar-refractivity contribution in [1.29, 1.82) is 0 Å². The summed E-state index contributed by atoms with van der Waals surface area (Å²) < 4.78 is 0. The highest BCUT2D eigenvalue weighted by molar-refractivity contribution is 6.31. The maximum Gasteiger partial charge on any atom is 0.322 e. The van der Waals surface area contributed by atoms with E-state index in [-0.39, 0.29) is 6.04 Å². The first-order valence-electron chi connectivity index (χ1n) is 5.17. The lowest BCUT2D eigenvalue weighted by Gasteiger charge is -2.13. The highest BCUT2D eigenvalue weighted by Gasteiger charge is 2.15. The van der Waals surface area contributed by atoms with Crippen LogP contribution < -0.4 is 10.6 Å². The number of nitrogens with zero attached hydrogens (tertiary/aromatic N) is 1. The zero-order valence-corrected chi connectivity index (χ0v) is 10.4.